The lowest BCUT2D eigenvalue weighted by Crippen LogP contribution is -2.43. The molecule has 1 heterocycles. The normalized spacial score (nSPS) is 17.7. The summed E-state index contributed by atoms with van der Waals surface area (Å²) < 4.78 is 45.6. The van der Waals surface area contributed by atoms with Crippen molar-refractivity contribution in [1.82, 2.24) is 4.31 Å². The van der Waals surface area contributed by atoms with Crippen molar-refractivity contribution in [1.29, 1.82) is 0 Å². The Hall–Kier alpha value is -2.45. The average Bonchev–Trinajstić information content (AvgIpc) is 3.15. The first-order valence-electron chi connectivity index (χ1n) is 8.56. The van der Waals surface area contributed by atoms with Crippen LogP contribution in [0, 0.1) is 12.7 Å². The van der Waals surface area contributed by atoms with Gasteiger partial charge in [-0.25, -0.2) is 12.8 Å². The highest BCUT2D eigenvalue weighted by atomic mass is 32.2. The number of benzene rings is 2. The van der Waals surface area contributed by atoms with Gasteiger partial charge in [0.1, 0.15) is 17.6 Å². The second-order valence-electron chi connectivity index (χ2n) is 6.40. The molecule has 0 aliphatic carbocycles. The molecule has 1 aliphatic rings. The van der Waals surface area contributed by atoms with Crippen LogP contribution in [0.1, 0.15) is 18.4 Å². The van der Waals surface area contributed by atoms with E-state index in [0.717, 1.165) is 0 Å². The topological polar surface area (TPSA) is 75.7 Å². The molecule has 2 aromatic rings. The van der Waals surface area contributed by atoms with Crippen LogP contribution in [0.5, 0.6) is 5.75 Å². The molecule has 2 aromatic carbocycles. The average molecular weight is 392 g/mol. The molecular weight excluding hydrogens is 371 g/mol. The highest BCUT2D eigenvalue weighted by Gasteiger charge is 2.39. The minimum absolute atomic E-state index is 0.102. The van der Waals surface area contributed by atoms with Gasteiger partial charge >= 0.3 is 0 Å². The zero-order valence-electron chi connectivity index (χ0n) is 15.1. The van der Waals surface area contributed by atoms with E-state index in [4.69, 9.17) is 4.74 Å². The van der Waals surface area contributed by atoms with Crippen LogP contribution in [0.15, 0.2) is 47.4 Å². The number of anilines is 1. The molecule has 8 heteroatoms. The van der Waals surface area contributed by atoms with Crippen LogP contribution in [0.3, 0.4) is 0 Å². The number of hydrogen-bond acceptors (Lipinski definition) is 4. The summed E-state index contributed by atoms with van der Waals surface area (Å²) in [6.07, 6.45) is 0.991. The second-order valence-corrected chi connectivity index (χ2v) is 8.29. The summed E-state index contributed by atoms with van der Waals surface area (Å²) in [6.45, 7) is 2.00. The van der Waals surface area contributed by atoms with Crippen molar-refractivity contribution in [3.8, 4) is 5.75 Å². The van der Waals surface area contributed by atoms with Gasteiger partial charge in [0, 0.05) is 12.2 Å². The molecule has 1 aliphatic heterocycles. The van der Waals surface area contributed by atoms with Gasteiger partial charge in [0.15, 0.2) is 0 Å². The first-order valence-corrected chi connectivity index (χ1v) is 10.00. The molecular formula is C19H21FN2O4S. The number of rotatable bonds is 5. The quantitative estimate of drug-likeness (QED) is 0.849. The number of methoxy groups -OCH3 is 1. The molecule has 27 heavy (non-hydrogen) atoms. The zero-order valence-corrected chi connectivity index (χ0v) is 15.9. The molecule has 6 nitrogen and oxygen atoms in total. The van der Waals surface area contributed by atoms with Crippen LogP contribution in [0.2, 0.25) is 0 Å². The van der Waals surface area contributed by atoms with Crippen molar-refractivity contribution < 1.29 is 22.3 Å². The first-order chi connectivity index (χ1) is 12.8. The lowest BCUT2D eigenvalue weighted by atomic mass is 10.1. The number of aryl methyl sites for hydroxylation is 1. The third-order valence-electron chi connectivity index (χ3n) is 4.63. The SMILES string of the molecule is COc1ccc(S(=O)(=O)N2CCC[C@H]2C(=O)Nc2cc(F)ccc2C)cc1. The van der Waals surface area contributed by atoms with Gasteiger partial charge < -0.3 is 10.1 Å². The van der Waals surface area contributed by atoms with Gasteiger partial charge in [0.05, 0.1) is 12.0 Å². The molecule has 1 atom stereocenters. The maximum atomic E-state index is 13.5. The number of nitrogens with zero attached hydrogens (tertiary/aromatic N) is 1. The van der Waals surface area contributed by atoms with Crippen LogP contribution in [-0.2, 0) is 14.8 Å². The van der Waals surface area contributed by atoms with Crippen molar-refractivity contribution in [2.24, 2.45) is 0 Å². The van der Waals surface area contributed by atoms with E-state index in [1.54, 1.807) is 25.1 Å². The summed E-state index contributed by atoms with van der Waals surface area (Å²) in [6, 6.07) is 9.30. The first kappa shape index (κ1) is 19.3. The number of amides is 1. The van der Waals surface area contributed by atoms with Crippen molar-refractivity contribution in [3.05, 3.63) is 53.8 Å². The van der Waals surface area contributed by atoms with E-state index in [9.17, 15) is 17.6 Å². The van der Waals surface area contributed by atoms with Crippen LogP contribution >= 0.6 is 0 Å². The molecule has 0 unspecified atom stereocenters. The van der Waals surface area contributed by atoms with Gasteiger partial charge in [-0.3, -0.25) is 4.79 Å². The Morgan fingerprint density at radius 3 is 2.59 bits per heavy atom. The summed E-state index contributed by atoms with van der Waals surface area (Å²) in [5.41, 5.74) is 1.04. The standard InChI is InChI=1S/C19H21FN2O4S/c1-13-5-6-14(20)12-17(13)21-19(23)18-4-3-11-22(18)27(24,25)16-9-7-15(26-2)8-10-16/h5-10,12,18H,3-4,11H2,1-2H3,(H,21,23)/t18-/m0/s1. The van der Waals surface area contributed by atoms with Crippen molar-refractivity contribution >= 4 is 21.6 Å². The maximum absolute atomic E-state index is 13.5. The van der Waals surface area contributed by atoms with Crippen LogP contribution in [0.4, 0.5) is 10.1 Å². The molecule has 0 spiro atoms. The third-order valence-corrected chi connectivity index (χ3v) is 6.55. The van der Waals surface area contributed by atoms with Gasteiger partial charge in [0.25, 0.3) is 0 Å². The fraction of sp³-hybridized carbons (Fsp3) is 0.316. The minimum atomic E-state index is -3.83. The van der Waals surface area contributed by atoms with Crippen LogP contribution < -0.4 is 10.1 Å². The van der Waals surface area contributed by atoms with E-state index < -0.39 is 27.8 Å². The molecule has 3 rings (SSSR count). The minimum Gasteiger partial charge on any atom is -0.497 e. The molecule has 144 valence electrons. The van der Waals surface area contributed by atoms with Crippen LogP contribution in [-0.4, -0.2) is 38.3 Å². The van der Waals surface area contributed by atoms with Crippen molar-refractivity contribution in [3.63, 3.8) is 0 Å². The number of nitrogens with one attached hydrogen (secondary N) is 1. The van der Waals surface area contributed by atoms with Crippen molar-refractivity contribution in [2.75, 3.05) is 19.0 Å². The maximum Gasteiger partial charge on any atom is 0.243 e. The molecule has 1 amide bonds. The Labute approximate surface area is 158 Å². The number of hydrogen-bond donors (Lipinski definition) is 1. The predicted octanol–water partition coefficient (Wildman–Crippen LogP) is 2.93. The largest absolute Gasteiger partial charge is 0.497 e. The van der Waals surface area contributed by atoms with Gasteiger partial charge in [-0.05, 0) is 61.7 Å². The number of sulfonamides is 1. The molecule has 0 saturated carbocycles. The Morgan fingerprint density at radius 2 is 1.93 bits per heavy atom. The molecule has 0 bridgehead atoms. The highest BCUT2D eigenvalue weighted by molar-refractivity contribution is 7.89. The molecule has 0 aromatic heterocycles. The summed E-state index contributed by atoms with van der Waals surface area (Å²) in [7, 11) is -2.33. The Kier molecular flexibility index (Phi) is 5.48. The summed E-state index contributed by atoms with van der Waals surface area (Å²) >= 11 is 0. The molecule has 0 radical (unpaired) electrons. The van der Waals surface area contributed by atoms with E-state index in [0.29, 0.717) is 29.8 Å². The Morgan fingerprint density at radius 1 is 1.22 bits per heavy atom. The van der Waals surface area contributed by atoms with E-state index >= 15 is 0 Å². The van der Waals surface area contributed by atoms with E-state index in [2.05, 4.69) is 5.32 Å². The fourth-order valence-corrected chi connectivity index (χ4v) is 4.77. The predicted molar refractivity (Wildman–Crippen MR) is 99.7 cm³/mol. The zero-order chi connectivity index (χ0) is 19.6. The number of carbonyl (C=O) groups is 1. The van der Waals surface area contributed by atoms with Crippen molar-refractivity contribution in [2.45, 2.75) is 30.7 Å². The molecule has 1 saturated heterocycles. The summed E-state index contributed by atoms with van der Waals surface area (Å²) in [4.78, 5) is 12.8. The van der Waals surface area contributed by atoms with Gasteiger partial charge in [-0.2, -0.15) is 4.31 Å². The number of ether oxygens (including phenoxy) is 1. The summed E-state index contributed by atoms with van der Waals surface area (Å²) in [5, 5.41) is 2.66. The van der Waals surface area contributed by atoms with E-state index in [-0.39, 0.29) is 11.4 Å². The van der Waals surface area contributed by atoms with E-state index in [1.165, 1.54) is 35.7 Å². The monoisotopic (exact) mass is 392 g/mol. The fourth-order valence-electron chi connectivity index (χ4n) is 3.12. The Bertz CT molecular complexity index is 945. The lowest BCUT2D eigenvalue weighted by molar-refractivity contribution is -0.119. The third kappa shape index (κ3) is 3.96. The number of carbonyl (C=O) groups excluding carboxylic acids is 1. The highest BCUT2D eigenvalue weighted by Crippen LogP contribution is 2.28. The second kappa shape index (κ2) is 7.66. The van der Waals surface area contributed by atoms with Crippen LogP contribution in [0.25, 0.3) is 0 Å². The van der Waals surface area contributed by atoms with E-state index in [1.807, 2.05) is 0 Å². The lowest BCUT2D eigenvalue weighted by Gasteiger charge is -2.24. The van der Waals surface area contributed by atoms with Gasteiger partial charge in [-0.15, -0.1) is 0 Å². The number of halogens is 1. The van der Waals surface area contributed by atoms with Gasteiger partial charge in [0.2, 0.25) is 15.9 Å². The summed E-state index contributed by atoms with van der Waals surface area (Å²) in [5.74, 6) is -0.380. The van der Waals surface area contributed by atoms with Gasteiger partial charge in [-0.1, -0.05) is 6.07 Å². The Balaban J connectivity index is 1.83. The molecule has 1 fully saturated rings. The smallest absolute Gasteiger partial charge is 0.243 e. The molecule has 1 N–H and O–H groups in total.